The molecule has 0 aliphatic heterocycles. The predicted molar refractivity (Wildman–Crippen MR) is 78.0 cm³/mol. The number of nitro groups is 1. The lowest BCUT2D eigenvalue weighted by molar-refractivity contribution is -0.383. The summed E-state index contributed by atoms with van der Waals surface area (Å²) in [6, 6.07) is 6.59. The van der Waals surface area contributed by atoms with E-state index in [4.69, 9.17) is 4.74 Å². The van der Waals surface area contributed by atoms with Crippen LogP contribution in [0.5, 0.6) is 0 Å². The minimum absolute atomic E-state index is 0.0638. The molecule has 0 radical (unpaired) electrons. The summed E-state index contributed by atoms with van der Waals surface area (Å²) in [5, 5.41) is 14.8. The second-order valence-corrected chi connectivity index (χ2v) is 4.44. The van der Waals surface area contributed by atoms with Gasteiger partial charge in [0.05, 0.1) is 22.1 Å². The van der Waals surface area contributed by atoms with E-state index in [0.29, 0.717) is 24.1 Å². The van der Waals surface area contributed by atoms with Crippen LogP contribution in [-0.2, 0) is 4.74 Å². The Bertz CT molecular complexity index is 616. The first-order valence-electron chi connectivity index (χ1n) is 6.51. The average Bonchev–Trinajstić information content (AvgIpc) is 2.44. The molecule has 20 heavy (non-hydrogen) atoms. The number of non-ortho nitro benzene ring substituents is 1. The van der Waals surface area contributed by atoms with E-state index >= 15 is 0 Å². The molecular formula is C14H17N3O3. The monoisotopic (exact) mass is 275 g/mol. The van der Waals surface area contributed by atoms with Gasteiger partial charge >= 0.3 is 0 Å². The third-order valence-corrected chi connectivity index (χ3v) is 2.97. The lowest BCUT2D eigenvalue weighted by Gasteiger charge is -2.14. The molecule has 1 aromatic heterocycles. The van der Waals surface area contributed by atoms with Gasteiger partial charge in [0.1, 0.15) is 5.52 Å². The van der Waals surface area contributed by atoms with Crippen LogP contribution in [0.2, 0.25) is 0 Å². The number of hydrogen-bond acceptors (Lipinski definition) is 5. The Balaban J connectivity index is 2.31. The number of nitrogens with one attached hydrogen (secondary N) is 1. The van der Waals surface area contributed by atoms with Gasteiger partial charge in [0.2, 0.25) is 0 Å². The Kier molecular flexibility index (Phi) is 4.47. The second-order valence-electron chi connectivity index (χ2n) is 4.44. The minimum Gasteiger partial charge on any atom is -0.381 e. The summed E-state index contributed by atoms with van der Waals surface area (Å²) in [6.45, 7) is 5.19. The summed E-state index contributed by atoms with van der Waals surface area (Å²) in [7, 11) is 0. The van der Waals surface area contributed by atoms with Crippen LogP contribution in [0, 0.1) is 10.1 Å². The van der Waals surface area contributed by atoms with Gasteiger partial charge in [-0.05, 0) is 32.0 Å². The number of nitrogens with zero attached hydrogens (tertiary/aromatic N) is 2. The molecule has 0 aliphatic carbocycles. The molecule has 0 saturated heterocycles. The topological polar surface area (TPSA) is 77.3 Å². The fourth-order valence-electron chi connectivity index (χ4n) is 2.06. The van der Waals surface area contributed by atoms with Gasteiger partial charge in [-0.25, -0.2) is 0 Å². The maximum Gasteiger partial charge on any atom is 0.278 e. The Hall–Kier alpha value is -2.21. The number of anilines is 1. The van der Waals surface area contributed by atoms with Crippen LogP contribution in [0.1, 0.15) is 13.8 Å². The highest BCUT2D eigenvalue weighted by molar-refractivity contribution is 5.96. The summed E-state index contributed by atoms with van der Waals surface area (Å²) in [6.07, 6.45) is 1.69. The average molecular weight is 275 g/mol. The van der Waals surface area contributed by atoms with E-state index in [1.165, 1.54) is 6.07 Å². The van der Waals surface area contributed by atoms with Crippen LogP contribution in [0.3, 0.4) is 0 Å². The number of benzene rings is 1. The number of ether oxygens (including phenoxy) is 1. The molecule has 106 valence electrons. The summed E-state index contributed by atoms with van der Waals surface area (Å²) in [5.74, 6) is 0. The second kappa shape index (κ2) is 6.29. The Morgan fingerprint density at radius 2 is 2.25 bits per heavy atom. The summed E-state index contributed by atoms with van der Waals surface area (Å²) in [5.41, 5.74) is 1.44. The largest absolute Gasteiger partial charge is 0.381 e. The first-order chi connectivity index (χ1) is 9.63. The molecule has 2 rings (SSSR count). The molecule has 0 amide bonds. The number of aromatic nitrogens is 1. The maximum absolute atomic E-state index is 11.0. The molecule has 0 aliphatic rings. The van der Waals surface area contributed by atoms with E-state index in [-0.39, 0.29) is 11.8 Å². The van der Waals surface area contributed by atoms with E-state index in [1.807, 2.05) is 13.8 Å². The zero-order valence-corrected chi connectivity index (χ0v) is 11.5. The smallest absolute Gasteiger partial charge is 0.278 e. The maximum atomic E-state index is 11.0. The van der Waals surface area contributed by atoms with Crippen LogP contribution in [0.25, 0.3) is 10.9 Å². The molecule has 1 unspecified atom stereocenters. The zero-order valence-electron chi connectivity index (χ0n) is 11.5. The third kappa shape index (κ3) is 3.03. The zero-order chi connectivity index (χ0) is 14.5. The van der Waals surface area contributed by atoms with Gasteiger partial charge in [0, 0.05) is 25.4 Å². The van der Waals surface area contributed by atoms with Gasteiger partial charge < -0.3 is 10.1 Å². The highest BCUT2D eigenvalue weighted by atomic mass is 16.6. The Labute approximate surface area is 116 Å². The van der Waals surface area contributed by atoms with Crippen molar-refractivity contribution in [2.45, 2.75) is 20.0 Å². The van der Waals surface area contributed by atoms with E-state index in [1.54, 1.807) is 24.4 Å². The fraction of sp³-hybridized carbons (Fsp3) is 0.357. The molecule has 1 N–H and O–H groups in total. The Morgan fingerprint density at radius 1 is 1.45 bits per heavy atom. The lowest BCUT2D eigenvalue weighted by atomic mass is 10.1. The highest BCUT2D eigenvalue weighted by Gasteiger charge is 2.15. The van der Waals surface area contributed by atoms with Crippen molar-refractivity contribution < 1.29 is 9.66 Å². The normalized spacial score (nSPS) is 12.3. The van der Waals surface area contributed by atoms with Gasteiger partial charge in [-0.3, -0.25) is 15.1 Å². The van der Waals surface area contributed by atoms with E-state index in [0.717, 1.165) is 5.69 Å². The van der Waals surface area contributed by atoms with Crippen molar-refractivity contribution in [2.24, 2.45) is 0 Å². The molecule has 1 aromatic carbocycles. The van der Waals surface area contributed by atoms with E-state index in [2.05, 4.69) is 10.3 Å². The van der Waals surface area contributed by atoms with Crippen molar-refractivity contribution >= 4 is 22.3 Å². The quantitative estimate of drug-likeness (QED) is 0.647. The van der Waals surface area contributed by atoms with Crippen LogP contribution in [0.4, 0.5) is 11.4 Å². The first-order valence-corrected chi connectivity index (χ1v) is 6.51. The van der Waals surface area contributed by atoms with Gasteiger partial charge in [0.25, 0.3) is 5.69 Å². The van der Waals surface area contributed by atoms with Crippen LogP contribution < -0.4 is 5.32 Å². The number of nitro benzene ring substituents is 1. The molecule has 0 saturated carbocycles. The predicted octanol–water partition coefficient (Wildman–Crippen LogP) is 2.98. The highest BCUT2D eigenvalue weighted by Crippen LogP contribution is 2.29. The van der Waals surface area contributed by atoms with E-state index < -0.39 is 4.92 Å². The van der Waals surface area contributed by atoms with Crippen molar-refractivity contribution in [1.29, 1.82) is 0 Å². The lowest BCUT2D eigenvalue weighted by Crippen LogP contribution is -2.19. The molecule has 6 nitrogen and oxygen atoms in total. The number of rotatable bonds is 6. The van der Waals surface area contributed by atoms with Gasteiger partial charge in [-0.2, -0.15) is 0 Å². The summed E-state index contributed by atoms with van der Waals surface area (Å²) in [4.78, 5) is 14.9. The molecule has 2 aromatic rings. The first kappa shape index (κ1) is 14.2. The fourth-order valence-corrected chi connectivity index (χ4v) is 2.06. The molecule has 0 fully saturated rings. The van der Waals surface area contributed by atoms with Gasteiger partial charge in [0.15, 0.2) is 0 Å². The standard InChI is InChI=1S/C14H17N3O3/c1-3-20-10(2)9-16-12-6-7-13(17(18)19)11-5-4-8-15-14(11)12/h4-8,10,16H,3,9H2,1-2H3. The van der Waals surface area contributed by atoms with Crippen molar-refractivity contribution in [3.8, 4) is 0 Å². The SMILES string of the molecule is CCOC(C)CNc1ccc([N+](=O)[O-])c2cccnc12. The van der Waals surface area contributed by atoms with Crippen LogP contribution >= 0.6 is 0 Å². The summed E-state index contributed by atoms with van der Waals surface area (Å²) >= 11 is 0. The minimum atomic E-state index is -0.392. The molecule has 0 spiro atoms. The van der Waals surface area contributed by atoms with Crippen LogP contribution in [0.15, 0.2) is 30.5 Å². The number of pyridine rings is 1. The van der Waals surface area contributed by atoms with Crippen molar-refractivity contribution in [3.63, 3.8) is 0 Å². The van der Waals surface area contributed by atoms with Gasteiger partial charge in [-0.1, -0.05) is 0 Å². The third-order valence-electron chi connectivity index (χ3n) is 2.97. The van der Waals surface area contributed by atoms with Crippen molar-refractivity contribution in [3.05, 3.63) is 40.6 Å². The molecular weight excluding hydrogens is 258 g/mol. The molecule has 0 bridgehead atoms. The van der Waals surface area contributed by atoms with Gasteiger partial charge in [-0.15, -0.1) is 0 Å². The van der Waals surface area contributed by atoms with Crippen LogP contribution in [-0.4, -0.2) is 29.2 Å². The molecule has 1 atom stereocenters. The van der Waals surface area contributed by atoms with E-state index in [9.17, 15) is 10.1 Å². The summed E-state index contributed by atoms with van der Waals surface area (Å²) < 4.78 is 5.45. The van der Waals surface area contributed by atoms with Crippen molar-refractivity contribution in [2.75, 3.05) is 18.5 Å². The van der Waals surface area contributed by atoms with Crippen molar-refractivity contribution in [1.82, 2.24) is 4.98 Å². The number of hydrogen-bond donors (Lipinski definition) is 1. The number of fused-ring (bicyclic) bond motifs is 1. The molecule has 6 heteroatoms. The molecule has 1 heterocycles. The Morgan fingerprint density at radius 3 is 2.95 bits per heavy atom.